The molecule has 0 bridgehead atoms. The Kier molecular flexibility index (Phi) is 6.57. The highest BCUT2D eigenvalue weighted by Crippen LogP contribution is 2.29. The van der Waals surface area contributed by atoms with Crippen LogP contribution in [0.1, 0.15) is 25.0 Å². The van der Waals surface area contributed by atoms with Crippen LogP contribution >= 0.6 is 11.8 Å². The quantitative estimate of drug-likeness (QED) is 0.524. The van der Waals surface area contributed by atoms with Gasteiger partial charge < -0.3 is 9.64 Å². The molecule has 3 rings (SSSR count). The number of pyridine rings is 1. The summed E-state index contributed by atoms with van der Waals surface area (Å²) in [4.78, 5) is 19.6. The fourth-order valence-corrected chi connectivity index (χ4v) is 4.18. The van der Waals surface area contributed by atoms with Gasteiger partial charge in [0.2, 0.25) is 5.91 Å². The van der Waals surface area contributed by atoms with Crippen LogP contribution in [0.2, 0.25) is 0 Å². The van der Waals surface area contributed by atoms with E-state index in [0.29, 0.717) is 13.1 Å². The number of aromatic nitrogens is 1. The smallest absolute Gasteiger partial charge is 0.236 e. The van der Waals surface area contributed by atoms with Crippen molar-refractivity contribution in [2.45, 2.75) is 37.6 Å². The van der Waals surface area contributed by atoms with E-state index in [1.165, 1.54) is 11.8 Å². The standard InChI is InChI=1S/C23H26N2O2S/c1-5-25(15-18-9-7-6-8-10-18)23(26)17(3)28-22-13-16(2)20-12-11-19(27-4)14-21(20)24-22/h6-14,17H,5,15H2,1-4H3/t17-/m1/s1. The first-order chi connectivity index (χ1) is 13.5. The molecule has 1 aromatic heterocycles. The maximum atomic E-state index is 13.0. The van der Waals surface area contributed by atoms with Gasteiger partial charge in [0.15, 0.2) is 0 Å². The van der Waals surface area contributed by atoms with Crippen molar-refractivity contribution in [1.82, 2.24) is 9.88 Å². The van der Waals surface area contributed by atoms with Crippen LogP contribution in [-0.4, -0.2) is 34.7 Å². The molecular weight excluding hydrogens is 368 g/mol. The summed E-state index contributed by atoms with van der Waals surface area (Å²) < 4.78 is 5.32. The Labute approximate surface area is 170 Å². The van der Waals surface area contributed by atoms with E-state index in [0.717, 1.165) is 32.8 Å². The number of ether oxygens (including phenoxy) is 1. The third kappa shape index (κ3) is 4.65. The van der Waals surface area contributed by atoms with Crippen molar-refractivity contribution < 1.29 is 9.53 Å². The van der Waals surface area contributed by atoms with Gasteiger partial charge in [0, 0.05) is 24.5 Å². The number of methoxy groups -OCH3 is 1. The first kappa shape index (κ1) is 20.2. The minimum Gasteiger partial charge on any atom is -0.497 e. The lowest BCUT2D eigenvalue weighted by molar-refractivity contribution is -0.130. The minimum atomic E-state index is -0.210. The predicted octanol–water partition coefficient (Wildman–Crippen LogP) is 5.08. The van der Waals surface area contributed by atoms with Crippen LogP contribution in [0, 0.1) is 6.92 Å². The van der Waals surface area contributed by atoms with E-state index in [1.54, 1.807) is 7.11 Å². The average molecular weight is 395 g/mol. The Morgan fingerprint density at radius 2 is 1.93 bits per heavy atom. The number of fused-ring (bicyclic) bond motifs is 1. The summed E-state index contributed by atoms with van der Waals surface area (Å²) in [7, 11) is 1.65. The van der Waals surface area contributed by atoms with Crippen LogP contribution in [-0.2, 0) is 11.3 Å². The molecular formula is C23H26N2O2S. The van der Waals surface area contributed by atoms with Crippen molar-refractivity contribution in [2.75, 3.05) is 13.7 Å². The van der Waals surface area contributed by atoms with Crippen molar-refractivity contribution in [3.8, 4) is 5.75 Å². The van der Waals surface area contributed by atoms with Gasteiger partial charge in [-0.25, -0.2) is 4.98 Å². The lowest BCUT2D eigenvalue weighted by atomic mass is 10.1. The molecule has 1 heterocycles. The van der Waals surface area contributed by atoms with Gasteiger partial charge in [-0.2, -0.15) is 0 Å². The highest BCUT2D eigenvalue weighted by Gasteiger charge is 2.21. The Hall–Kier alpha value is -2.53. The second kappa shape index (κ2) is 9.11. The second-order valence-corrected chi connectivity index (χ2v) is 8.12. The zero-order valence-electron chi connectivity index (χ0n) is 16.8. The molecule has 146 valence electrons. The van der Waals surface area contributed by atoms with Crippen LogP contribution in [0.5, 0.6) is 5.75 Å². The fraction of sp³-hybridized carbons (Fsp3) is 0.304. The van der Waals surface area contributed by atoms with Crippen molar-refractivity contribution in [3.63, 3.8) is 0 Å². The fourth-order valence-electron chi connectivity index (χ4n) is 3.18. The van der Waals surface area contributed by atoms with Crippen molar-refractivity contribution >= 4 is 28.6 Å². The molecule has 28 heavy (non-hydrogen) atoms. The number of rotatable bonds is 7. The normalized spacial score (nSPS) is 12.0. The number of hydrogen-bond donors (Lipinski definition) is 0. The predicted molar refractivity (Wildman–Crippen MR) is 116 cm³/mol. The van der Waals surface area contributed by atoms with Crippen LogP contribution in [0.25, 0.3) is 10.9 Å². The topological polar surface area (TPSA) is 42.4 Å². The molecule has 0 aliphatic carbocycles. The monoisotopic (exact) mass is 394 g/mol. The molecule has 4 nitrogen and oxygen atoms in total. The van der Waals surface area contributed by atoms with Gasteiger partial charge in [-0.05, 0) is 50.1 Å². The molecule has 1 atom stereocenters. The van der Waals surface area contributed by atoms with Gasteiger partial charge in [0.25, 0.3) is 0 Å². The number of aryl methyl sites for hydroxylation is 1. The summed E-state index contributed by atoms with van der Waals surface area (Å²) in [5.41, 5.74) is 3.17. The highest BCUT2D eigenvalue weighted by atomic mass is 32.2. The summed E-state index contributed by atoms with van der Waals surface area (Å²) in [5, 5.41) is 1.75. The number of hydrogen-bond acceptors (Lipinski definition) is 4. The molecule has 0 aliphatic heterocycles. The lowest BCUT2D eigenvalue weighted by Crippen LogP contribution is -2.36. The van der Waals surface area contributed by atoms with E-state index in [2.05, 4.69) is 25.1 Å². The molecule has 0 unspecified atom stereocenters. The number of nitrogens with zero attached hydrogens (tertiary/aromatic N) is 2. The number of thioether (sulfide) groups is 1. The van der Waals surface area contributed by atoms with Crippen molar-refractivity contribution in [2.24, 2.45) is 0 Å². The molecule has 5 heteroatoms. The SMILES string of the molecule is CCN(Cc1ccccc1)C(=O)[C@@H](C)Sc1cc(C)c2ccc(OC)cc2n1. The second-order valence-electron chi connectivity index (χ2n) is 6.76. The molecule has 0 saturated carbocycles. The maximum absolute atomic E-state index is 13.0. The number of amides is 1. The first-order valence-electron chi connectivity index (χ1n) is 9.46. The van der Waals surface area contributed by atoms with Gasteiger partial charge >= 0.3 is 0 Å². The van der Waals surface area contributed by atoms with Crippen molar-refractivity contribution in [1.29, 1.82) is 0 Å². The highest BCUT2D eigenvalue weighted by molar-refractivity contribution is 8.00. The van der Waals surface area contributed by atoms with E-state index in [9.17, 15) is 4.79 Å². The van der Waals surface area contributed by atoms with Crippen molar-refractivity contribution in [3.05, 3.63) is 65.7 Å². The first-order valence-corrected chi connectivity index (χ1v) is 10.3. The minimum absolute atomic E-state index is 0.126. The molecule has 0 radical (unpaired) electrons. The Morgan fingerprint density at radius 3 is 2.61 bits per heavy atom. The van der Waals surface area contributed by atoms with E-state index in [-0.39, 0.29) is 11.2 Å². The lowest BCUT2D eigenvalue weighted by Gasteiger charge is -2.24. The van der Waals surface area contributed by atoms with E-state index >= 15 is 0 Å². The van der Waals surface area contributed by atoms with Crippen LogP contribution < -0.4 is 4.74 Å². The summed E-state index contributed by atoms with van der Waals surface area (Å²) in [5.74, 6) is 0.909. The van der Waals surface area contributed by atoms with E-state index < -0.39 is 0 Å². The largest absolute Gasteiger partial charge is 0.497 e. The molecule has 2 aromatic carbocycles. The van der Waals surface area contributed by atoms with Crippen LogP contribution in [0.4, 0.5) is 0 Å². The van der Waals surface area contributed by atoms with E-state index in [1.807, 2.05) is 55.1 Å². The molecule has 1 amide bonds. The summed E-state index contributed by atoms with van der Waals surface area (Å²) in [6, 6.07) is 18.1. The van der Waals surface area contributed by atoms with Gasteiger partial charge in [-0.1, -0.05) is 42.1 Å². The number of carbonyl (C=O) groups is 1. The molecule has 0 aliphatic rings. The third-order valence-electron chi connectivity index (χ3n) is 4.76. The van der Waals surface area contributed by atoms with Gasteiger partial charge in [-0.3, -0.25) is 4.79 Å². The van der Waals surface area contributed by atoms with Gasteiger partial charge in [0.05, 0.1) is 22.9 Å². The number of benzene rings is 2. The molecule has 0 spiro atoms. The summed E-state index contributed by atoms with van der Waals surface area (Å²) in [6.45, 7) is 7.35. The van der Waals surface area contributed by atoms with Crippen LogP contribution in [0.3, 0.4) is 0 Å². The third-order valence-corrected chi connectivity index (χ3v) is 5.76. The molecule has 0 fully saturated rings. The molecule has 0 saturated heterocycles. The summed E-state index contributed by atoms with van der Waals surface area (Å²) >= 11 is 1.51. The summed E-state index contributed by atoms with van der Waals surface area (Å²) in [6.07, 6.45) is 0. The van der Waals surface area contributed by atoms with Gasteiger partial charge in [0.1, 0.15) is 5.75 Å². The van der Waals surface area contributed by atoms with E-state index in [4.69, 9.17) is 9.72 Å². The molecule has 0 N–H and O–H groups in total. The van der Waals surface area contributed by atoms with Crippen LogP contribution in [0.15, 0.2) is 59.6 Å². The van der Waals surface area contributed by atoms with Gasteiger partial charge in [-0.15, -0.1) is 0 Å². The Morgan fingerprint density at radius 1 is 1.18 bits per heavy atom. The zero-order chi connectivity index (χ0) is 20.1. The maximum Gasteiger partial charge on any atom is 0.236 e. The zero-order valence-corrected chi connectivity index (χ0v) is 17.6. The number of carbonyl (C=O) groups excluding carboxylic acids is 1. The Balaban J connectivity index is 1.77. The average Bonchev–Trinajstić information content (AvgIpc) is 2.71. The Bertz CT molecular complexity index is 959. The molecule has 3 aromatic rings.